The number of thioether (sulfide) groups is 1. The molecule has 1 rings (SSSR count). The number of carbonyl (C=O) groups is 1. The van der Waals surface area contributed by atoms with Gasteiger partial charge in [0, 0.05) is 43.7 Å². The molecule has 1 aliphatic heterocycles. The number of ether oxygens (including phenoxy) is 2. The van der Waals surface area contributed by atoms with Crippen molar-refractivity contribution in [2.75, 3.05) is 37.8 Å². The number of nitrogens with one attached hydrogen (secondary N) is 2. The molecule has 0 radical (unpaired) electrons. The molecular weight excluding hydrogens is 252 g/mol. The van der Waals surface area contributed by atoms with Crippen LogP contribution in [-0.2, 0) is 14.3 Å². The van der Waals surface area contributed by atoms with Gasteiger partial charge in [0.15, 0.2) is 6.29 Å². The Kier molecular flexibility index (Phi) is 8.41. The molecule has 0 aliphatic carbocycles. The van der Waals surface area contributed by atoms with E-state index in [1.165, 1.54) is 0 Å². The second-order valence-corrected chi connectivity index (χ2v) is 5.22. The van der Waals surface area contributed by atoms with Crippen LogP contribution in [0, 0.1) is 0 Å². The summed E-state index contributed by atoms with van der Waals surface area (Å²) in [6.45, 7) is 6.40. The highest BCUT2D eigenvalue weighted by atomic mass is 32.2. The van der Waals surface area contributed by atoms with Crippen molar-refractivity contribution in [1.82, 2.24) is 10.6 Å². The van der Waals surface area contributed by atoms with Crippen LogP contribution < -0.4 is 10.6 Å². The molecule has 106 valence electrons. The summed E-state index contributed by atoms with van der Waals surface area (Å²) in [5.41, 5.74) is 0. The van der Waals surface area contributed by atoms with Gasteiger partial charge in [-0.1, -0.05) is 0 Å². The molecule has 2 N–H and O–H groups in total. The Bertz CT molecular complexity index is 229. The van der Waals surface area contributed by atoms with Gasteiger partial charge in [-0.15, -0.1) is 0 Å². The second-order valence-electron chi connectivity index (χ2n) is 4.07. The maximum atomic E-state index is 11.8. The Labute approximate surface area is 113 Å². The lowest BCUT2D eigenvalue weighted by molar-refractivity contribution is -0.140. The molecule has 1 saturated heterocycles. The standard InChI is InChI=1S/C12H24N2O3S/c1-3-16-12(17-4-2)8-14-11(15)7-10-9-18-6-5-13-10/h10,12-13H,3-9H2,1-2H3,(H,14,15). The molecular formula is C12H24N2O3S. The third kappa shape index (κ3) is 6.58. The van der Waals surface area contributed by atoms with Gasteiger partial charge in [-0.3, -0.25) is 4.79 Å². The average Bonchev–Trinajstić information content (AvgIpc) is 2.38. The average molecular weight is 276 g/mol. The van der Waals surface area contributed by atoms with Crippen LogP contribution in [0.2, 0.25) is 0 Å². The zero-order valence-electron chi connectivity index (χ0n) is 11.2. The first-order valence-electron chi connectivity index (χ1n) is 6.57. The van der Waals surface area contributed by atoms with E-state index >= 15 is 0 Å². The van der Waals surface area contributed by atoms with Gasteiger partial charge in [0.05, 0.1) is 6.54 Å². The highest BCUT2D eigenvalue weighted by Crippen LogP contribution is 2.09. The van der Waals surface area contributed by atoms with E-state index in [0.717, 1.165) is 18.1 Å². The molecule has 1 fully saturated rings. The number of hydrogen-bond donors (Lipinski definition) is 2. The number of hydrogen-bond acceptors (Lipinski definition) is 5. The Morgan fingerprint density at radius 3 is 2.72 bits per heavy atom. The molecule has 0 aromatic carbocycles. The van der Waals surface area contributed by atoms with E-state index in [1.54, 1.807) is 0 Å². The fraction of sp³-hybridized carbons (Fsp3) is 0.917. The van der Waals surface area contributed by atoms with E-state index < -0.39 is 0 Å². The first-order chi connectivity index (χ1) is 8.76. The molecule has 0 saturated carbocycles. The van der Waals surface area contributed by atoms with Gasteiger partial charge in [0.2, 0.25) is 5.91 Å². The molecule has 0 aromatic rings. The van der Waals surface area contributed by atoms with Gasteiger partial charge in [-0.2, -0.15) is 11.8 Å². The topological polar surface area (TPSA) is 59.6 Å². The van der Waals surface area contributed by atoms with Crippen molar-refractivity contribution < 1.29 is 14.3 Å². The molecule has 1 heterocycles. The van der Waals surface area contributed by atoms with E-state index in [-0.39, 0.29) is 12.2 Å². The molecule has 18 heavy (non-hydrogen) atoms. The van der Waals surface area contributed by atoms with Crippen molar-refractivity contribution in [2.24, 2.45) is 0 Å². The third-order valence-corrected chi connectivity index (χ3v) is 3.73. The Hall–Kier alpha value is -0.300. The third-order valence-electron chi connectivity index (χ3n) is 2.60. The lowest BCUT2D eigenvalue weighted by Crippen LogP contribution is -2.43. The van der Waals surface area contributed by atoms with Gasteiger partial charge < -0.3 is 20.1 Å². The van der Waals surface area contributed by atoms with Crippen molar-refractivity contribution in [3.8, 4) is 0 Å². The number of rotatable bonds is 8. The summed E-state index contributed by atoms with van der Waals surface area (Å²) < 4.78 is 10.7. The van der Waals surface area contributed by atoms with Crippen molar-refractivity contribution in [2.45, 2.75) is 32.6 Å². The van der Waals surface area contributed by atoms with E-state index in [0.29, 0.717) is 32.2 Å². The monoisotopic (exact) mass is 276 g/mol. The van der Waals surface area contributed by atoms with Crippen molar-refractivity contribution in [3.05, 3.63) is 0 Å². The molecule has 1 unspecified atom stereocenters. The molecule has 1 aliphatic rings. The summed E-state index contributed by atoms with van der Waals surface area (Å²) in [5, 5.41) is 6.21. The number of amides is 1. The van der Waals surface area contributed by atoms with Crippen LogP contribution in [0.5, 0.6) is 0 Å². The van der Waals surface area contributed by atoms with Crippen molar-refractivity contribution in [1.29, 1.82) is 0 Å². The minimum absolute atomic E-state index is 0.0550. The zero-order valence-corrected chi connectivity index (χ0v) is 12.1. The SMILES string of the molecule is CCOC(CNC(=O)CC1CSCCN1)OCC. The zero-order chi connectivity index (χ0) is 13.2. The summed E-state index contributed by atoms with van der Waals surface area (Å²) >= 11 is 1.89. The number of carbonyl (C=O) groups excluding carboxylic acids is 1. The van der Waals surface area contributed by atoms with Crippen molar-refractivity contribution >= 4 is 17.7 Å². The normalized spacial score (nSPS) is 20.1. The van der Waals surface area contributed by atoms with Crippen LogP contribution in [0.1, 0.15) is 20.3 Å². The first kappa shape index (κ1) is 15.8. The maximum absolute atomic E-state index is 11.8. The minimum Gasteiger partial charge on any atom is -0.351 e. The van der Waals surface area contributed by atoms with E-state index in [9.17, 15) is 4.79 Å². The molecule has 1 atom stereocenters. The molecule has 1 amide bonds. The minimum atomic E-state index is -0.336. The van der Waals surface area contributed by atoms with Gasteiger partial charge in [-0.05, 0) is 13.8 Å². The summed E-state index contributed by atoms with van der Waals surface area (Å²) in [4.78, 5) is 11.8. The van der Waals surface area contributed by atoms with Gasteiger partial charge in [-0.25, -0.2) is 0 Å². The Balaban J connectivity index is 2.17. The molecule has 5 nitrogen and oxygen atoms in total. The Morgan fingerprint density at radius 2 is 2.17 bits per heavy atom. The fourth-order valence-corrected chi connectivity index (χ4v) is 2.73. The molecule has 0 spiro atoms. The van der Waals surface area contributed by atoms with Gasteiger partial charge in [0.1, 0.15) is 0 Å². The van der Waals surface area contributed by atoms with Crippen LogP contribution in [-0.4, -0.2) is 56.0 Å². The van der Waals surface area contributed by atoms with E-state index in [4.69, 9.17) is 9.47 Å². The molecule has 0 bridgehead atoms. The first-order valence-corrected chi connectivity index (χ1v) is 7.72. The van der Waals surface area contributed by atoms with Gasteiger partial charge in [0.25, 0.3) is 0 Å². The predicted octanol–water partition coefficient (Wildman–Crippen LogP) is 0.597. The maximum Gasteiger partial charge on any atom is 0.221 e. The molecule has 0 aromatic heterocycles. The fourth-order valence-electron chi connectivity index (χ4n) is 1.78. The summed E-state index contributed by atoms with van der Waals surface area (Å²) in [5.74, 6) is 2.20. The largest absolute Gasteiger partial charge is 0.351 e. The summed E-state index contributed by atoms with van der Waals surface area (Å²) in [6.07, 6.45) is 0.190. The van der Waals surface area contributed by atoms with Crippen molar-refractivity contribution in [3.63, 3.8) is 0 Å². The lowest BCUT2D eigenvalue weighted by atomic mass is 10.2. The van der Waals surface area contributed by atoms with E-state index in [2.05, 4.69) is 10.6 Å². The quantitative estimate of drug-likeness (QED) is 0.636. The highest BCUT2D eigenvalue weighted by Gasteiger charge is 2.17. The smallest absolute Gasteiger partial charge is 0.221 e. The van der Waals surface area contributed by atoms with Crippen LogP contribution in [0.4, 0.5) is 0 Å². The highest BCUT2D eigenvalue weighted by molar-refractivity contribution is 7.99. The van der Waals surface area contributed by atoms with Crippen LogP contribution >= 0.6 is 11.8 Å². The second kappa shape index (κ2) is 9.61. The van der Waals surface area contributed by atoms with E-state index in [1.807, 2.05) is 25.6 Å². The summed E-state index contributed by atoms with van der Waals surface area (Å²) in [6, 6.07) is 0.293. The lowest BCUT2D eigenvalue weighted by Gasteiger charge is -2.23. The Morgan fingerprint density at radius 1 is 1.44 bits per heavy atom. The summed E-state index contributed by atoms with van der Waals surface area (Å²) in [7, 11) is 0. The van der Waals surface area contributed by atoms with Crippen LogP contribution in [0.15, 0.2) is 0 Å². The predicted molar refractivity (Wildman–Crippen MR) is 73.8 cm³/mol. The molecule has 6 heteroatoms. The van der Waals surface area contributed by atoms with Crippen LogP contribution in [0.3, 0.4) is 0 Å². The van der Waals surface area contributed by atoms with Gasteiger partial charge >= 0.3 is 0 Å². The van der Waals surface area contributed by atoms with Crippen LogP contribution in [0.25, 0.3) is 0 Å².